The summed E-state index contributed by atoms with van der Waals surface area (Å²) in [6.07, 6.45) is 23.1. The van der Waals surface area contributed by atoms with Gasteiger partial charge >= 0.3 is 0 Å². The number of hydrogen-bond acceptors (Lipinski definition) is 3. The average Bonchev–Trinajstić information content (AvgIpc) is 2.88. The molecule has 0 aliphatic carbocycles. The first-order valence-electron chi connectivity index (χ1n) is 14.5. The lowest BCUT2D eigenvalue weighted by Gasteiger charge is -2.16. The monoisotopic (exact) mass is 495 g/mol. The normalized spacial score (nSPS) is 11.1. The molecular formula is C32H49NO3. The van der Waals surface area contributed by atoms with Crippen molar-refractivity contribution in [2.24, 2.45) is 0 Å². The van der Waals surface area contributed by atoms with Crippen molar-refractivity contribution in [2.45, 2.75) is 130 Å². The van der Waals surface area contributed by atoms with Gasteiger partial charge in [-0.05, 0) is 12.0 Å². The zero-order valence-electron chi connectivity index (χ0n) is 22.9. The first kappa shape index (κ1) is 29.9. The van der Waals surface area contributed by atoms with Gasteiger partial charge in [0.2, 0.25) is 5.43 Å². The van der Waals surface area contributed by atoms with Crippen LogP contribution in [0.5, 0.6) is 5.75 Å². The van der Waals surface area contributed by atoms with Gasteiger partial charge in [-0.1, -0.05) is 134 Å². The largest absolute Gasteiger partial charge is 0.483 e. The summed E-state index contributed by atoms with van der Waals surface area (Å²) in [7, 11) is 0. The second kappa shape index (κ2) is 18.8. The van der Waals surface area contributed by atoms with Crippen molar-refractivity contribution in [3.05, 3.63) is 64.1 Å². The lowest BCUT2D eigenvalue weighted by atomic mass is 10.0. The molecule has 200 valence electrons. The van der Waals surface area contributed by atoms with E-state index in [2.05, 4.69) is 6.92 Å². The maximum Gasteiger partial charge on any atom is 0.224 e. The van der Waals surface area contributed by atoms with Gasteiger partial charge in [0, 0.05) is 25.7 Å². The molecule has 2 rings (SSSR count). The minimum absolute atomic E-state index is 0.132. The third-order valence-electron chi connectivity index (χ3n) is 6.94. The van der Waals surface area contributed by atoms with E-state index in [4.69, 9.17) is 4.74 Å². The summed E-state index contributed by atoms with van der Waals surface area (Å²) in [5.41, 5.74) is 1.12. The lowest BCUT2D eigenvalue weighted by Crippen LogP contribution is -2.19. The van der Waals surface area contributed by atoms with E-state index in [1.165, 1.54) is 103 Å². The molecule has 36 heavy (non-hydrogen) atoms. The first-order valence-corrected chi connectivity index (χ1v) is 14.5. The van der Waals surface area contributed by atoms with Gasteiger partial charge in [-0.2, -0.15) is 0 Å². The van der Waals surface area contributed by atoms with E-state index in [9.17, 15) is 9.59 Å². The Morgan fingerprint density at radius 2 is 1.22 bits per heavy atom. The molecule has 0 spiro atoms. The molecule has 0 fully saturated rings. The van der Waals surface area contributed by atoms with Crippen LogP contribution in [0.3, 0.4) is 0 Å². The van der Waals surface area contributed by atoms with Crippen LogP contribution >= 0.6 is 0 Å². The van der Waals surface area contributed by atoms with E-state index in [1.54, 1.807) is 6.20 Å². The molecular weight excluding hydrogens is 446 g/mol. The highest BCUT2D eigenvalue weighted by molar-refractivity contribution is 5.95. The number of pyridine rings is 1. The molecule has 0 aliphatic heterocycles. The Bertz CT molecular complexity index is 903. The molecule has 1 aromatic carbocycles. The van der Waals surface area contributed by atoms with Crippen LogP contribution in [-0.4, -0.2) is 10.4 Å². The molecule has 0 bridgehead atoms. The van der Waals surface area contributed by atoms with E-state index in [0.717, 1.165) is 24.9 Å². The number of benzene rings is 1. The number of ether oxygens (including phenoxy) is 1. The van der Waals surface area contributed by atoms with E-state index in [0.29, 0.717) is 5.69 Å². The minimum Gasteiger partial charge on any atom is -0.483 e. The number of carbonyl (C=O) groups is 1. The smallest absolute Gasteiger partial charge is 0.224 e. The summed E-state index contributed by atoms with van der Waals surface area (Å²) in [4.78, 5) is 24.8. The molecule has 1 heterocycles. The maximum absolute atomic E-state index is 12.5. The molecule has 4 heteroatoms. The molecule has 0 saturated carbocycles. The Labute approximate surface area is 219 Å². The number of rotatable bonds is 21. The minimum atomic E-state index is -0.237. The fourth-order valence-corrected chi connectivity index (χ4v) is 4.80. The second-order valence-electron chi connectivity index (χ2n) is 10.2. The second-order valence-corrected chi connectivity index (χ2v) is 10.2. The van der Waals surface area contributed by atoms with E-state index in [-0.39, 0.29) is 23.6 Å². The van der Waals surface area contributed by atoms with Gasteiger partial charge in [-0.3, -0.25) is 9.59 Å². The number of carbonyl (C=O) groups excluding carboxylic acids is 1. The molecule has 0 aliphatic rings. The van der Waals surface area contributed by atoms with Crippen LogP contribution in [0.2, 0.25) is 0 Å². The molecule has 0 unspecified atom stereocenters. The first-order chi connectivity index (χ1) is 17.6. The molecule has 4 nitrogen and oxygen atoms in total. The number of nitrogens with zero attached hydrogens (tertiary/aromatic N) is 1. The average molecular weight is 496 g/mol. The SMILES string of the molecule is CCCCCCCCCCCCCCCCCCn1ccc(=O)c(OCc2ccccc2)c1C(C)=O. The van der Waals surface area contributed by atoms with Crippen molar-refractivity contribution in [3.8, 4) is 5.75 Å². The molecule has 0 radical (unpaired) electrons. The summed E-state index contributed by atoms with van der Waals surface area (Å²) in [5, 5.41) is 0. The number of Topliss-reactive ketones (excluding diaryl/α,β-unsaturated/α-hetero) is 1. The van der Waals surface area contributed by atoms with Crippen LogP contribution in [0.4, 0.5) is 0 Å². The number of unbranched alkanes of at least 4 members (excludes halogenated alkanes) is 15. The molecule has 0 amide bonds. The Kier molecular flexibility index (Phi) is 15.6. The van der Waals surface area contributed by atoms with Crippen molar-refractivity contribution in [3.63, 3.8) is 0 Å². The van der Waals surface area contributed by atoms with Crippen LogP contribution in [0, 0.1) is 0 Å². The Hall–Kier alpha value is -2.36. The predicted octanol–water partition coefficient (Wildman–Crippen LogP) is 8.89. The van der Waals surface area contributed by atoms with Crippen LogP contribution < -0.4 is 10.2 Å². The molecule has 0 atom stereocenters. The number of hydrogen-bond donors (Lipinski definition) is 0. The Morgan fingerprint density at radius 1 is 0.722 bits per heavy atom. The highest BCUT2D eigenvalue weighted by Crippen LogP contribution is 2.18. The van der Waals surface area contributed by atoms with Crippen LogP contribution in [-0.2, 0) is 13.2 Å². The fraction of sp³-hybridized carbons (Fsp3) is 0.625. The summed E-state index contributed by atoms with van der Waals surface area (Å²) in [5.74, 6) is 0.0394. The topological polar surface area (TPSA) is 48.3 Å². The predicted molar refractivity (Wildman–Crippen MR) is 151 cm³/mol. The molecule has 0 saturated heterocycles. The number of aromatic nitrogens is 1. The van der Waals surface area contributed by atoms with Gasteiger partial charge in [0.1, 0.15) is 12.3 Å². The number of aryl methyl sites for hydroxylation is 1. The Morgan fingerprint density at radius 3 is 1.72 bits per heavy atom. The van der Waals surface area contributed by atoms with E-state index >= 15 is 0 Å². The van der Waals surface area contributed by atoms with Crippen molar-refractivity contribution in [1.82, 2.24) is 4.57 Å². The van der Waals surface area contributed by atoms with Crippen LogP contribution in [0.25, 0.3) is 0 Å². The summed E-state index contributed by atoms with van der Waals surface area (Å²) in [6, 6.07) is 11.2. The van der Waals surface area contributed by atoms with Crippen molar-refractivity contribution >= 4 is 5.78 Å². The van der Waals surface area contributed by atoms with Crippen molar-refractivity contribution in [2.75, 3.05) is 0 Å². The summed E-state index contributed by atoms with van der Waals surface area (Å²) in [6.45, 7) is 4.79. The van der Waals surface area contributed by atoms with Crippen LogP contribution in [0.1, 0.15) is 133 Å². The van der Waals surface area contributed by atoms with Crippen molar-refractivity contribution < 1.29 is 9.53 Å². The standard InChI is InChI=1S/C32H49NO3/c1-3-4-5-6-7-8-9-10-11-12-13-14-15-16-17-21-25-33-26-24-30(35)32(31(33)28(2)34)36-27-29-22-19-18-20-23-29/h18-20,22-24,26H,3-17,21,25,27H2,1-2H3. The van der Waals surface area contributed by atoms with Gasteiger partial charge in [0.05, 0.1) is 0 Å². The molecule has 0 N–H and O–H groups in total. The molecule has 1 aromatic heterocycles. The van der Waals surface area contributed by atoms with Crippen molar-refractivity contribution in [1.29, 1.82) is 0 Å². The fourth-order valence-electron chi connectivity index (χ4n) is 4.80. The quantitative estimate of drug-likeness (QED) is 0.128. The third kappa shape index (κ3) is 12.1. The summed E-state index contributed by atoms with van der Waals surface area (Å²) >= 11 is 0. The highest BCUT2D eigenvalue weighted by atomic mass is 16.5. The Balaban J connectivity index is 1.60. The van der Waals surface area contributed by atoms with Gasteiger partial charge in [-0.15, -0.1) is 0 Å². The van der Waals surface area contributed by atoms with E-state index in [1.807, 2.05) is 34.9 Å². The van der Waals surface area contributed by atoms with E-state index < -0.39 is 0 Å². The zero-order valence-corrected chi connectivity index (χ0v) is 22.9. The highest BCUT2D eigenvalue weighted by Gasteiger charge is 2.17. The zero-order chi connectivity index (χ0) is 25.8. The van der Waals surface area contributed by atoms with Gasteiger partial charge < -0.3 is 9.30 Å². The van der Waals surface area contributed by atoms with Gasteiger partial charge in [-0.25, -0.2) is 0 Å². The molecule has 2 aromatic rings. The summed E-state index contributed by atoms with van der Waals surface area (Å²) < 4.78 is 7.73. The van der Waals surface area contributed by atoms with Gasteiger partial charge in [0.15, 0.2) is 11.5 Å². The maximum atomic E-state index is 12.5. The number of ketones is 1. The van der Waals surface area contributed by atoms with Crippen LogP contribution in [0.15, 0.2) is 47.4 Å². The third-order valence-corrected chi connectivity index (χ3v) is 6.94. The van der Waals surface area contributed by atoms with Gasteiger partial charge in [0.25, 0.3) is 0 Å². The lowest BCUT2D eigenvalue weighted by molar-refractivity contribution is 0.0997.